The van der Waals surface area contributed by atoms with E-state index in [1.807, 2.05) is 6.07 Å². The molecule has 1 fully saturated rings. The number of nitrogens with zero attached hydrogens (tertiary/aromatic N) is 1. The maximum absolute atomic E-state index is 13.4. The SMILES string of the molecule is COCC1CCN(Cc2ccc(F)cc2C#CCCO)C1. The first-order valence-electron chi connectivity index (χ1n) is 7.32. The number of likely N-dealkylation sites (tertiary alicyclic amines) is 1. The van der Waals surface area contributed by atoms with E-state index in [0.717, 1.165) is 43.8 Å². The largest absolute Gasteiger partial charge is 0.395 e. The lowest BCUT2D eigenvalue weighted by molar-refractivity contribution is 0.152. The normalized spacial score (nSPS) is 18.5. The van der Waals surface area contributed by atoms with E-state index in [1.165, 1.54) is 12.1 Å². The van der Waals surface area contributed by atoms with Crippen LogP contribution < -0.4 is 0 Å². The molecule has 21 heavy (non-hydrogen) atoms. The molecule has 1 aliphatic heterocycles. The standard InChI is InChI=1S/C17H22FNO2/c1-21-13-14-7-8-19(11-14)12-16-5-6-17(18)10-15(16)4-2-3-9-20/h5-6,10,14,20H,3,7-9,11-13H2,1H3. The summed E-state index contributed by atoms with van der Waals surface area (Å²) < 4.78 is 18.6. The van der Waals surface area contributed by atoms with Crippen LogP contribution in [-0.2, 0) is 11.3 Å². The average Bonchev–Trinajstić information content (AvgIpc) is 2.90. The number of hydrogen-bond donors (Lipinski definition) is 1. The van der Waals surface area contributed by atoms with E-state index >= 15 is 0 Å². The Morgan fingerprint density at radius 3 is 3.10 bits per heavy atom. The molecule has 1 N–H and O–H groups in total. The van der Waals surface area contributed by atoms with Crippen LogP contribution in [0.5, 0.6) is 0 Å². The summed E-state index contributed by atoms with van der Waals surface area (Å²) in [5.41, 5.74) is 1.76. The second kappa shape index (κ2) is 8.14. The first-order valence-corrected chi connectivity index (χ1v) is 7.32. The van der Waals surface area contributed by atoms with E-state index in [-0.39, 0.29) is 12.4 Å². The molecule has 1 heterocycles. The first kappa shape index (κ1) is 16.0. The van der Waals surface area contributed by atoms with Gasteiger partial charge in [-0.2, -0.15) is 0 Å². The zero-order chi connectivity index (χ0) is 15.1. The number of ether oxygens (including phenoxy) is 1. The number of aliphatic hydroxyl groups excluding tert-OH is 1. The van der Waals surface area contributed by atoms with Gasteiger partial charge >= 0.3 is 0 Å². The van der Waals surface area contributed by atoms with Gasteiger partial charge in [-0.05, 0) is 36.6 Å². The molecule has 1 aromatic rings. The van der Waals surface area contributed by atoms with Crippen LogP contribution in [0.1, 0.15) is 24.0 Å². The van der Waals surface area contributed by atoms with Crippen LogP contribution in [0.4, 0.5) is 4.39 Å². The summed E-state index contributed by atoms with van der Waals surface area (Å²) in [7, 11) is 1.73. The minimum absolute atomic E-state index is 0.0302. The van der Waals surface area contributed by atoms with Gasteiger partial charge in [0, 0.05) is 32.2 Å². The summed E-state index contributed by atoms with van der Waals surface area (Å²) in [5.74, 6) is 6.14. The third-order valence-electron chi connectivity index (χ3n) is 3.70. The minimum Gasteiger partial charge on any atom is -0.395 e. The maximum Gasteiger partial charge on any atom is 0.124 e. The molecule has 0 amide bonds. The molecule has 0 spiro atoms. The van der Waals surface area contributed by atoms with Gasteiger partial charge in [0.05, 0.1) is 13.2 Å². The third kappa shape index (κ3) is 4.82. The molecule has 1 aliphatic rings. The van der Waals surface area contributed by atoms with E-state index in [4.69, 9.17) is 9.84 Å². The predicted octanol–water partition coefficient (Wildman–Crippen LogP) is 2.03. The van der Waals surface area contributed by atoms with Gasteiger partial charge in [0.1, 0.15) is 5.82 Å². The third-order valence-corrected chi connectivity index (χ3v) is 3.70. The van der Waals surface area contributed by atoms with E-state index in [9.17, 15) is 4.39 Å². The van der Waals surface area contributed by atoms with Crippen LogP contribution in [-0.4, -0.2) is 43.4 Å². The molecule has 1 aromatic carbocycles. The van der Waals surface area contributed by atoms with Crippen molar-refractivity contribution < 1.29 is 14.2 Å². The van der Waals surface area contributed by atoms with Gasteiger partial charge in [-0.1, -0.05) is 17.9 Å². The number of rotatable bonds is 5. The van der Waals surface area contributed by atoms with E-state index < -0.39 is 0 Å². The molecular weight excluding hydrogens is 269 g/mol. The van der Waals surface area contributed by atoms with Gasteiger partial charge in [-0.15, -0.1) is 0 Å². The van der Waals surface area contributed by atoms with Crippen LogP contribution in [0.15, 0.2) is 18.2 Å². The number of benzene rings is 1. The number of methoxy groups -OCH3 is 1. The van der Waals surface area contributed by atoms with Crippen molar-refractivity contribution in [3.8, 4) is 11.8 Å². The Morgan fingerprint density at radius 1 is 1.48 bits per heavy atom. The summed E-state index contributed by atoms with van der Waals surface area (Å²) in [4.78, 5) is 2.36. The Morgan fingerprint density at radius 2 is 2.33 bits per heavy atom. The molecule has 3 nitrogen and oxygen atoms in total. The number of hydrogen-bond acceptors (Lipinski definition) is 3. The summed E-state index contributed by atoms with van der Waals surface area (Å²) in [5, 5.41) is 8.78. The Hall–Kier alpha value is -1.41. The lowest BCUT2D eigenvalue weighted by Crippen LogP contribution is -2.21. The van der Waals surface area contributed by atoms with Crippen LogP contribution in [0, 0.1) is 23.6 Å². The van der Waals surface area contributed by atoms with Crippen molar-refractivity contribution in [3.63, 3.8) is 0 Å². The number of halogens is 1. The van der Waals surface area contributed by atoms with Crippen molar-refractivity contribution in [3.05, 3.63) is 35.1 Å². The molecular formula is C17H22FNO2. The van der Waals surface area contributed by atoms with Gasteiger partial charge in [0.25, 0.3) is 0 Å². The molecule has 0 saturated carbocycles. The average molecular weight is 291 g/mol. The second-order valence-corrected chi connectivity index (χ2v) is 5.42. The smallest absolute Gasteiger partial charge is 0.124 e. The molecule has 1 saturated heterocycles. The Balaban J connectivity index is 2.04. The van der Waals surface area contributed by atoms with Gasteiger partial charge in [-0.3, -0.25) is 4.90 Å². The maximum atomic E-state index is 13.4. The summed E-state index contributed by atoms with van der Waals surface area (Å²) in [6, 6.07) is 4.76. The minimum atomic E-state index is -0.272. The lowest BCUT2D eigenvalue weighted by Gasteiger charge is -2.17. The van der Waals surface area contributed by atoms with Crippen molar-refractivity contribution in [1.82, 2.24) is 4.90 Å². The second-order valence-electron chi connectivity index (χ2n) is 5.42. The van der Waals surface area contributed by atoms with Crippen LogP contribution in [0.25, 0.3) is 0 Å². The fourth-order valence-corrected chi connectivity index (χ4v) is 2.69. The van der Waals surface area contributed by atoms with Crippen LogP contribution in [0.3, 0.4) is 0 Å². The molecule has 2 rings (SSSR count). The Kier molecular flexibility index (Phi) is 6.19. The molecule has 0 bridgehead atoms. The Labute approximate surface area is 125 Å². The fraction of sp³-hybridized carbons (Fsp3) is 0.529. The Bertz CT molecular complexity index is 521. The number of aliphatic hydroxyl groups is 1. The van der Waals surface area contributed by atoms with Gasteiger partial charge in [-0.25, -0.2) is 4.39 Å². The van der Waals surface area contributed by atoms with Crippen molar-refractivity contribution in [2.45, 2.75) is 19.4 Å². The van der Waals surface area contributed by atoms with E-state index in [1.54, 1.807) is 7.11 Å². The fourth-order valence-electron chi connectivity index (χ4n) is 2.69. The van der Waals surface area contributed by atoms with Crippen LogP contribution in [0.2, 0.25) is 0 Å². The molecule has 1 unspecified atom stereocenters. The van der Waals surface area contributed by atoms with E-state index in [2.05, 4.69) is 16.7 Å². The monoisotopic (exact) mass is 291 g/mol. The summed E-state index contributed by atoms with van der Waals surface area (Å²) in [6.45, 7) is 3.65. The van der Waals surface area contributed by atoms with Gasteiger partial charge < -0.3 is 9.84 Å². The molecule has 1 atom stereocenters. The summed E-state index contributed by atoms with van der Waals surface area (Å²) in [6.07, 6.45) is 1.55. The highest BCUT2D eigenvalue weighted by Gasteiger charge is 2.22. The zero-order valence-electron chi connectivity index (χ0n) is 12.4. The molecule has 0 aromatic heterocycles. The first-order chi connectivity index (χ1) is 10.2. The van der Waals surface area contributed by atoms with Gasteiger partial charge in [0.2, 0.25) is 0 Å². The van der Waals surface area contributed by atoms with Crippen molar-refractivity contribution in [2.75, 3.05) is 33.4 Å². The molecule has 4 heteroatoms. The van der Waals surface area contributed by atoms with Gasteiger partial charge in [0.15, 0.2) is 0 Å². The zero-order valence-corrected chi connectivity index (χ0v) is 12.4. The van der Waals surface area contributed by atoms with Crippen molar-refractivity contribution in [1.29, 1.82) is 0 Å². The summed E-state index contributed by atoms with van der Waals surface area (Å²) >= 11 is 0. The quantitative estimate of drug-likeness (QED) is 0.843. The lowest BCUT2D eigenvalue weighted by atomic mass is 10.1. The topological polar surface area (TPSA) is 32.7 Å². The highest BCUT2D eigenvalue weighted by molar-refractivity contribution is 5.41. The molecule has 0 radical (unpaired) electrons. The van der Waals surface area contributed by atoms with Crippen molar-refractivity contribution in [2.24, 2.45) is 5.92 Å². The predicted molar refractivity (Wildman–Crippen MR) is 80.2 cm³/mol. The molecule has 0 aliphatic carbocycles. The highest BCUT2D eigenvalue weighted by Crippen LogP contribution is 2.20. The van der Waals surface area contributed by atoms with Crippen LogP contribution >= 0.6 is 0 Å². The van der Waals surface area contributed by atoms with Crippen molar-refractivity contribution >= 4 is 0 Å². The highest BCUT2D eigenvalue weighted by atomic mass is 19.1. The van der Waals surface area contributed by atoms with E-state index in [0.29, 0.717) is 12.3 Å². The molecule has 114 valence electrons.